The van der Waals surface area contributed by atoms with E-state index in [2.05, 4.69) is 35.9 Å². The molecule has 0 radical (unpaired) electrons. The number of hydrogen-bond donors (Lipinski definition) is 1. The minimum absolute atomic E-state index is 0.208. The van der Waals surface area contributed by atoms with Crippen LogP contribution in [0.15, 0.2) is 47.5 Å². The van der Waals surface area contributed by atoms with Crippen molar-refractivity contribution in [1.82, 2.24) is 25.0 Å². The molecule has 10 heteroatoms. The van der Waals surface area contributed by atoms with E-state index in [9.17, 15) is 8.42 Å². The lowest BCUT2D eigenvalue weighted by Gasteiger charge is -2.20. The lowest BCUT2D eigenvalue weighted by atomic mass is 10.1. The average molecular weight is 464 g/mol. The SMILES string of the molecule is CS(=O)(=O)ON1CCC[C@H]1c1nc(-c2ccc(-c3cnc(Br)cn3)cc2)c[nH]1. The number of aromatic amines is 1. The fourth-order valence-corrected chi connectivity index (χ4v) is 3.94. The lowest BCUT2D eigenvalue weighted by molar-refractivity contribution is -0.0662. The van der Waals surface area contributed by atoms with Gasteiger partial charge in [-0.1, -0.05) is 24.3 Å². The van der Waals surface area contributed by atoms with Crippen molar-refractivity contribution in [3.05, 3.63) is 53.3 Å². The minimum Gasteiger partial charge on any atom is -0.347 e. The molecule has 1 atom stereocenters. The number of hydroxylamine groups is 2. The third-order valence-electron chi connectivity index (χ3n) is 4.44. The van der Waals surface area contributed by atoms with Crippen LogP contribution in [0.5, 0.6) is 0 Å². The molecule has 1 aliphatic heterocycles. The highest BCUT2D eigenvalue weighted by atomic mass is 79.9. The summed E-state index contributed by atoms with van der Waals surface area (Å²) in [5.41, 5.74) is 3.49. The smallest absolute Gasteiger partial charge is 0.280 e. The highest BCUT2D eigenvalue weighted by molar-refractivity contribution is 9.10. The summed E-state index contributed by atoms with van der Waals surface area (Å²) in [4.78, 5) is 16.3. The molecule has 0 bridgehead atoms. The second kappa shape index (κ2) is 7.70. The van der Waals surface area contributed by atoms with E-state index in [0.717, 1.165) is 41.6 Å². The van der Waals surface area contributed by atoms with Crippen LogP contribution >= 0.6 is 15.9 Å². The van der Waals surface area contributed by atoms with E-state index >= 15 is 0 Å². The van der Waals surface area contributed by atoms with Crippen LogP contribution in [-0.2, 0) is 14.4 Å². The van der Waals surface area contributed by atoms with Crippen molar-refractivity contribution in [2.75, 3.05) is 12.8 Å². The Morgan fingerprint density at radius 3 is 2.50 bits per heavy atom. The molecule has 4 rings (SSSR count). The van der Waals surface area contributed by atoms with E-state index in [1.807, 2.05) is 30.5 Å². The molecule has 1 saturated heterocycles. The summed E-state index contributed by atoms with van der Waals surface area (Å²) in [5, 5.41) is 1.48. The van der Waals surface area contributed by atoms with Crippen LogP contribution in [0.1, 0.15) is 24.7 Å². The quantitative estimate of drug-likeness (QED) is 0.618. The number of rotatable bonds is 5. The predicted octanol–water partition coefficient (Wildman–Crippen LogP) is 3.32. The Hall–Kier alpha value is -2.14. The molecule has 0 unspecified atom stereocenters. The van der Waals surface area contributed by atoms with Gasteiger partial charge in [0.05, 0.1) is 36.1 Å². The van der Waals surface area contributed by atoms with E-state index in [4.69, 9.17) is 4.28 Å². The first-order chi connectivity index (χ1) is 13.4. The normalized spacial score (nSPS) is 17.9. The summed E-state index contributed by atoms with van der Waals surface area (Å²) in [6, 6.07) is 7.67. The molecule has 0 aliphatic carbocycles. The van der Waals surface area contributed by atoms with Gasteiger partial charge in [0.1, 0.15) is 10.4 Å². The van der Waals surface area contributed by atoms with Gasteiger partial charge in [0.2, 0.25) is 0 Å². The summed E-state index contributed by atoms with van der Waals surface area (Å²) < 4.78 is 28.7. The summed E-state index contributed by atoms with van der Waals surface area (Å²) in [6.45, 7) is 0.552. The Morgan fingerprint density at radius 1 is 1.14 bits per heavy atom. The van der Waals surface area contributed by atoms with Crippen LogP contribution in [0.2, 0.25) is 0 Å². The number of aromatic nitrogens is 4. The van der Waals surface area contributed by atoms with Crippen LogP contribution in [0, 0.1) is 0 Å². The molecule has 1 aromatic carbocycles. The Balaban J connectivity index is 1.53. The number of nitrogens with one attached hydrogen (secondary N) is 1. The second-order valence-corrected chi connectivity index (χ2v) is 8.92. The fourth-order valence-electron chi connectivity index (χ4n) is 3.20. The van der Waals surface area contributed by atoms with Gasteiger partial charge in [-0.25, -0.2) is 9.97 Å². The molecular weight excluding hydrogens is 446 g/mol. The Kier molecular flexibility index (Phi) is 5.28. The zero-order chi connectivity index (χ0) is 19.7. The Bertz CT molecular complexity index is 1070. The molecule has 1 aliphatic rings. The summed E-state index contributed by atoms with van der Waals surface area (Å²) in [6.07, 6.45) is 7.87. The molecule has 1 fully saturated rings. The van der Waals surface area contributed by atoms with Gasteiger partial charge in [0.15, 0.2) is 0 Å². The molecule has 0 amide bonds. The molecule has 3 heterocycles. The topological polar surface area (TPSA) is 101 Å². The molecule has 28 heavy (non-hydrogen) atoms. The van der Waals surface area contributed by atoms with E-state index in [-0.39, 0.29) is 6.04 Å². The molecular formula is C18H18BrN5O3S. The van der Waals surface area contributed by atoms with Crippen molar-refractivity contribution >= 4 is 26.0 Å². The van der Waals surface area contributed by atoms with Crippen LogP contribution in [0.3, 0.4) is 0 Å². The molecule has 0 saturated carbocycles. The van der Waals surface area contributed by atoms with Gasteiger partial charge in [-0.3, -0.25) is 4.98 Å². The maximum atomic E-state index is 11.5. The van der Waals surface area contributed by atoms with Gasteiger partial charge in [-0.05, 0) is 28.8 Å². The van der Waals surface area contributed by atoms with Crippen LogP contribution in [0.25, 0.3) is 22.5 Å². The van der Waals surface area contributed by atoms with E-state index < -0.39 is 10.1 Å². The first-order valence-corrected chi connectivity index (χ1v) is 11.3. The van der Waals surface area contributed by atoms with Crippen molar-refractivity contribution < 1.29 is 12.7 Å². The number of hydrogen-bond acceptors (Lipinski definition) is 7. The number of benzene rings is 1. The summed E-state index contributed by atoms with van der Waals surface area (Å²) >= 11 is 3.28. The van der Waals surface area contributed by atoms with Crippen molar-refractivity contribution in [3.8, 4) is 22.5 Å². The third kappa shape index (κ3) is 4.30. The maximum Gasteiger partial charge on any atom is 0.280 e. The van der Waals surface area contributed by atoms with E-state index in [1.54, 1.807) is 12.4 Å². The van der Waals surface area contributed by atoms with Gasteiger partial charge < -0.3 is 4.98 Å². The molecule has 8 nitrogen and oxygen atoms in total. The molecule has 146 valence electrons. The summed E-state index contributed by atoms with van der Waals surface area (Å²) in [5.74, 6) is 0.694. The van der Waals surface area contributed by atoms with Gasteiger partial charge in [0, 0.05) is 23.9 Å². The lowest BCUT2D eigenvalue weighted by Crippen LogP contribution is -2.27. The minimum atomic E-state index is -3.56. The van der Waals surface area contributed by atoms with Crippen LogP contribution in [0.4, 0.5) is 0 Å². The molecule has 3 aromatic rings. The summed E-state index contributed by atoms with van der Waals surface area (Å²) in [7, 11) is -3.56. The Morgan fingerprint density at radius 2 is 1.86 bits per heavy atom. The molecule has 0 spiro atoms. The molecule has 1 N–H and O–H groups in total. The highest BCUT2D eigenvalue weighted by Crippen LogP contribution is 2.32. The number of halogens is 1. The van der Waals surface area contributed by atoms with Gasteiger partial charge >= 0.3 is 0 Å². The largest absolute Gasteiger partial charge is 0.347 e. The highest BCUT2D eigenvalue weighted by Gasteiger charge is 2.31. The second-order valence-electron chi connectivity index (χ2n) is 6.55. The van der Waals surface area contributed by atoms with Crippen molar-refractivity contribution in [1.29, 1.82) is 0 Å². The van der Waals surface area contributed by atoms with Gasteiger partial charge in [-0.15, -0.1) is 0 Å². The first kappa shape index (κ1) is 19.2. The van der Waals surface area contributed by atoms with Crippen LogP contribution in [-0.4, -0.2) is 46.2 Å². The zero-order valence-corrected chi connectivity index (χ0v) is 17.4. The monoisotopic (exact) mass is 463 g/mol. The molecule has 2 aromatic heterocycles. The van der Waals surface area contributed by atoms with Crippen molar-refractivity contribution in [2.24, 2.45) is 0 Å². The maximum absolute atomic E-state index is 11.5. The van der Waals surface area contributed by atoms with Gasteiger partial charge in [-0.2, -0.15) is 17.8 Å². The predicted molar refractivity (Wildman–Crippen MR) is 107 cm³/mol. The van der Waals surface area contributed by atoms with Crippen molar-refractivity contribution in [2.45, 2.75) is 18.9 Å². The third-order valence-corrected chi connectivity index (χ3v) is 5.32. The van der Waals surface area contributed by atoms with E-state index in [0.29, 0.717) is 17.0 Å². The number of imidazole rings is 1. The van der Waals surface area contributed by atoms with Crippen molar-refractivity contribution in [3.63, 3.8) is 0 Å². The van der Waals surface area contributed by atoms with E-state index in [1.165, 1.54) is 5.06 Å². The van der Waals surface area contributed by atoms with Crippen LogP contribution < -0.4 is 0 Å². The zero-order valence-electron chi connectivity index (χ0n) is 15.0. The number of nitrogens with zero attached hydrogens (tertiary/aromatic N) is 4. The number of H-pyrrole nitrogens is 1. The first-order valence-electron chi connectivity index (χ1n) is 8.69. The van der Waals surface area contributed by atoms with Gasteiger partial charge in [0.25, 0.3) is 10.1 Å². The Labute approximate surface area is 171 Å². The standard InChI is InChI=1S/C18H18BrN5O3S/c1-28(25,26)27-24-8-2-3-16(24)18-22-10-15(23-18)13-6-4-12(5-7-13)14-9-21-17(19)11-20-14/h4-7,9-11,16H,2-3,8H2,1H3,(H,22,23)/t16-/m0/s1. The fraction of sp³-hybridized carbons (Fsp3) is 0.278. The average Bonchev–Trinajstić information content (AvgIpc) is 3.30.